The second kappa shape index (κ2) is 18.3. The number of alkyl carbamates (subject to hydrolysis) is 1. The number of ether oxygens (including phenoxy) is 1. The molecule has 2 aromatic heterocycles. The molecule has 0 aliphatic rings. The Balaban J connectivity index is 1.47. The van der Waals surface area contributed by atoms with Crippen molar-refractivity contribution in [1.82, 2.24) is 30.8 Å². The minimum atomic E-state index is -1.05. The molecule has 0 unspecified atom stereocenters. The zero-order chi connectivity index (χ0) is 34.5. The summed E-state index contributed by atoms with van der Waals surface area (Å²) >= 11 is 2.90. The summed E-state index contributed by atoms with van der Waals surface area (Å²) in [5.41, 5.74) is 4.34. The number of thiazole rings is 2. The van der Waals surface area contributed by atoms with Crippen molar-refractivity contribution in [2.75, 3.05) is 7.05 Å². The van der Waals surface area contributed by atoms with Crippen molar-refractivity contribution < 1.29 is 24.2 Å². The van der Waals surface area contributed by atoms with Crippen molar-refractivity contribution in [1.29, 1.82) is 0 Å². The Bertz CT molecular complexity index is 1570. The number of hydrogen-bond acceptors (Lipinski definition) is 9. The van der Waals surface area contributed by atoms with Gasteiger partial charge in [-0.3, -0.25) is 9.78 Å². The van der Waals surface area contributed by atoms with Gasteiger partial charge in [-0.25, -0.2) is 14.6 Å². The Morgan fingerprint density at radius 3 is 2.19 bits per heavy atom. The van der Waals surface area contributed by atoms with E-state index in [1.54, 1.807) is 18.8 Å². The zero-order valence-electron chi connectivity index (χ0n) is 27.7. The minimum Gasteiger partial charge on any atom is -0.444 e. The molecule has 0 aliphatic heterocycles. The molecule has 0 spiro atoms. The van der Waals surface area contributed by atoms with Crippen molar-refractivity contribution >= 4 is 40.7 Å². The second-order valence-electron chi connectivity index (χ2n) is 12.1. The van der Waals surface area contributed by atoms with Crippen LogP contribution < -0.4 is 16.0 Å². The van der Waals surface area contributed by atoms with E-state index in [9.17, 15) is 19.5 Å². The largest absolute Gasteiger partial charge is 0.444 e. The Hall–Kier alpha value is -4.33. The first-order valence-electron chi connectivity index (χ1n) is 15.9. The van der Waals surface area contributed by atoms with Crippen LogP contribution in [0.2, 0.25) is 0 Å². The van der Waals surface area contributed by atoms with Crippen LogP contribution in [0, 0.1) is 12.8 Å². The average molecular weight is 693 g/mol. The number of nitrogens with one attached hydrogen (secondary N) is 3. The van der Waals surface area contributed by atoms with E-state index in [1.165, 1.54) is 27.6 Å². The average Bonchev–Trinajstić information content (AvgIpc) is 3.74. The quantitative estimate of drug-likeness (QED) is 0.128. The Labute approximate surface area is 289 Å². The van der Waals surface area contributed by atoms with Crippen LogP contribution in [0.5, 0.6) is 0 Å². The fraction of sp³-hybridized carbons (Fsp3) is 0.400. The third-order valence-corrected chi connectivity index (χ3v) is 9.31. The van der Waals surface area contributed by atoms with E-state index in [0.717, 1.165) is 26.7 Å². The second-order valence-corrected chi connectivity index (χ2v) is 14.1. The first-order valence-corrected chi connectivity index (χ1v) is 17.6. The number of aromatic nitrogens is 2. The standard InChI is InChI=1S/C35H44N6O5S2/c1-23(2)32(40-34(44)41(4)19-28-21-47-24(3)37-28)33(43)38-27(15-25-11-7-5-8-12-25)17-31(42)30(16-26-13-9-6-10-14-26)39-35(45)46-20-29-18-36-22-48-29/h5-14,18,21-23,27,30-32,42H,15-17,19-20H2,1-4H3,(H,38,43)(H,39,45)(H,40,44)/t27-,30-,31-,32-/m0/s1. The first-order chi connectivity index (χ1) is 23.1. The molecular weight excluding hydrogens is 649 g/mol. The van der Waals surface area contributed by atoms with Crippen LogP contribution in [0.15, 0.2) is 77.8 Å². The Morgan fingerprint density at radius 1 is 0.938 bits per heavy atom. The number of hydrogen-bond donors (Lipinski definition) is 4. The molecule has 4 rings (SSSR count). The van der Waals surface area contributed by atoms with Crippen LogP contribution in [-0.4, -0.2) is 69.3 Å². The number of carbonyl (C=O) groups is 3. The lowest BCUT2D eigenvalue weighted by Crippen LogP contribution is -2.55. The lowest BCUT2D eigenvalue weighted by Gasteiger charge is -2.30. The number of urea groups is 1. The lowest BCUT2D eigenvalue weighted by molar-refractivity contribution is -0.124. The molecule has 0 radical (unpaired) electrons. The van der Waals surface area contributed by atoms with E-state index in [0.29, 0.717) is 19.4 Å². The van der Waals surface area contributed by atoms with Gasteiger partial charge < -0.3 is 30.7 Å². The topological polar surface area (TPSA) is 146 Å². The number of aliphatic hydroxyl groups is 1. The molecule has 48 heavy (non-hydrogen) atoms. The summed E-state index contributed by atoms with van der Waals surface area (Å²) in [5.74, 6) is -0.576. The fourth-order valence-corrected chi connectivity index (χ4v) is 6.32. The molecule has 2 heterocycles. The van der Waals surface area contributed by atoms with Gasteiger partial charge in [-0.2, -0.15) is 0 Å². The molecule has 4 amide bonds. The van der Waals surface area contributed by atoms with Gasteiger partial charge in [0.1, 0.15) is 12.6 Å². The summed E-state index contributed by atoms with van der Waals surface area (Å²) in [6.07, 6.45) is 0.840. The molecular formula is C35H44N6O5S2. The van der Waals surface area contributed by atoms with Gasteiger partial charge in [0.15, 0.2) is 0 Å². The molecule has 256 valence electrons. The zero-order valence-corrected chi connectivity index (χ0v) is 29.3. The highest BCUT2D eigenvalue weighted by Gasteiger charge is 2.31. The molecule has 4 N–H and O–H groups in total. The van der Waals surface area contributed by atoms with Gasteiger partial charge >= 0.3 is 12.1 Å². The van der Waals surface area contributed by atoms with Crippen LogP contribution in [0.3, 0.4) is 0 Å². The highest BCUT2D eigenvalue weighted by molar-refractivity contribution is 7.09. The smallest absolute Gasteiger partial charge is 0.407 e. The molecule has 13 heteroatoms. The number of aryl methyl sites for hydroxylation is 1. The normalized spacial score (nSPS) is 13.6. The van der Waals surface area contributed by atoms with E-state index < -0.39 is 36.4 Å². The van der Waals surface area contributed by atoms with Gasteiger partial charge in [-0.1, -0.05) is 74.5 Å². The SMILES string of the molecule is Cc1nc(CN(C)C(=O)N[C@H](C(=O)N[C@@H](Cc2ccccc2)C[C@H](O)[C@H](Cc2ccccc2)NC(=O)OCc2cncs2)C(C)C)cs1. The van der Waals surface area contributed by atoms with Gasteiger partial charge in [0.25, 0.3) is 0 Å². The van der Waals surface area contributed by atoms with Gasteiger partial charge in [0.05, 0.1) is 39.8 Å². The van der Waals surface area contributed by atoms with Gasteiger partial charge in [-0.05, 0) is 43.2 Å². The third kappa shape index (κ3) is 11.7. The molecule has 0 aliphatic carbocycles. The monoisotopic (exact) mass is 692 g/mol. The maximum atomic E-state index is 13.8. The number of rotatable bonds is 16. The number of aliphatic hydroxyl groups excluding tert-OH is 1. The first kappa shape index (κ1) is 36.5. The maximum Gasteiger partial charge on any atom is 0.407 e. The van der Waals surface area contributed by atoms with Gasteiger partial charge in [0, 0.05) is 24.7 Å². The number of amides is 4. The van der Waals surface area contributed by atoms with Crippen molar-refractivity contribution in [3.05, 3.63) is 104 Å². The maximum absolute atomic E-state index is 13.8. The van der Waals surface area contributed by atoms with Crippen molar-refractivity contribution in [3.8, 4) is 0 Å². The molecule has 0 saturated carbocycles. The van der Waals surface area contributed by atoms with Gasteiger partial charge in [0.2, 0.25) is 5.91 Å². The molecule has 0 bridgehead atoms. The third-order valence-electron chi connectivity index (χ3n) is 7.73. The van der Waals surface area contributed by atoms with E-state index in [2.05, 4.69) is 25.9 Å². The minimum absolute atomic E-state index is 0.0677. The van der Waals surface area contributed by atoms with Gasteiger partial charge in [-0.15, -0.1) is 22.7 Å². The number of carbonyl (C=O) groups excluding carboxylic acids is 3. The summed E-state index contributed by atoms with van der Waals surface area (Å²) in [7, 11) is 1.66. The van der Waals surface area contributed by atoms with Crippen molar-refractivity contribution in [2.45, 2.75) is 77.4 Å². The Kier molecular flexibility index (Phi) is 13.9. The predicted octanol–water partition coefficient (Wildman–Crippen LogP) is 5.09. The summed E-state index contributed by atoms with van der Waals surface area (Å²) in [5, 5.41) is 23.3. The lowest BCUT2D eigenvalue weighted by atomic mass is 9.93. The summed E-state index contributed by atoms with van der Waals surface area (Å²) in [6, 6.07) is 16.8. The molecule has 11 nitrogen and oxygen atoms in total. The van der Waals surface area contributed by atoms with E-state index in [4.69, 9.17) is 4.74 Å². The van der Waals surface area contributed by atoms with E-state index in [1.807, 2.05) is 86.8 Å². The van der Waals surface area contributed by atoms with Crippen LogP contribution in [0.25, 0.3) is 0 Å². The van der Waals surface area contributed by atoms with E-state index in [-0.39, 0.29) is 24.9 Å². The number of nitrogens with zero attached hydrogens (tertiary/aromatic N) is 3. The van der Waals surface area contributed by atoms with Crippen molar-refractivity contribution in [3.63, 3.8) is 0 Å². The van der Waals surface area contributed by atoms with Crippen LogP contribution >= 0.6 is 22.7 Å². The van der Waals surface area contributed by atoms with E-state index >= 15 is 0 Å². The van der Waals surface area contributed by atoms with Crippen molar-refractivity contribution in [2.24, 2.45) is 5.92 Å². The fourth-order valence-electron chi connectivity index (χ4n) is 5.21. The molecule has 0 saturated heterocycles. The Morgan fingerprint density at radius 2 is 1.60 bits per heavy atom. The molecule has 4 aromatic rings. The summed E-state index contributed by atoms with van der Waals surface area (Å²) in [4.78, 5) is 50.5. The highest BCUT2D eigenvalue weighted by atomic mass is 32.1. The molecule has 0 fully saturated rings. The van der Waals surface area contributed by atoms with Crippen LogP contribution in [-0.2, 0) is 35.5 Å². The van der Waals surface area contributed by atoms with Crippen LogP contribution in [0.4, 0.5) is 9.59 Å². The predicted molar refractivity (Wildman–Crippen MR) is 188 cm³/mol. The molecule has 2 aromatic carbocycles. The molecule has 4 atom stereocenters. The summed E-state index contributed by atoms with van der Waals surface area (Å²) < 4.78 is 5.41. The van der Waals surface area contributed by atoms with Crippen LogP contribution in [0.1, 0.15) is 47.0 Å². The highest BCUT2D eigenvalue weighted by Crippen LogP contribution is 2.16. The summed E-state index contributed by atoms with van der Waals surface area (Å²) in [6.45, 7) is 6.03. The number of benzene rings is 2.